The lowest BCUT2D eigenvalue weighted by Crippen LogP contribution is -2.29. The first-order chi connectivity index (χ1) is 12.4. The molecule has 3 rings (SSSR count). The number of hydrogen-bond acceptors (Lipinski definition) is 4. The van der Waals surface area contributed by atoms with E-state index in [1.165, 1.54) is 22.2 Å². The molecule has 0 saturated carbocycles. The number of fused-ring (bicyclic) bond motifs is 1. The molecule has 3 aromatic rings. The molecule has 1 amide bonds. The predicted molar refractivity (Wildman–Crippen MR) is 106 cm³/mol. The minimum absolute atomic E-state index is 0.0669. The van der Waals surface area contributed by atoms with Gasteiger partial charge in [0.15, 0.2) is 0 Å². The van der Waals surface area contributed by atoms with Gasteiger partial charge in [-0.15, -0.1) is 11.3 Å². The molecule has 0 fully saturated rings. The number of amides is 1. The summed E-state index contributed by atoms with van der Waals surface area (Å²) >= 11 is 1.53. The summed E-state index contributed by atoms with van der Waals surface area (Å²) in [7, 11) is 0. The molecule has 0 saturated heterocycles. The maximum absolute atomic E-state index is 12.7. The van der Waals surface area contributed by atoms with Gasteiger partial charge in [-0.2, -0.15) is 0 Å². The van der Waals surface area contributed by atoms with Crippen LogP contribution in [0.25, 0.3) is 10.2 Å². The SMILES string of the molecule is Cc1ccccc1C(C)NC(=O)CCn1cnc2sc(C)c(C)c2c1=O. The Labute approximate surface area is 156 Å². The van der Waals surface area contributed by atoms with Crippen LogP contribution in [0.1, 0.15) is 41.0 Å². The Kier molecular flexibility index (Phi) is 5.23. The predicted octanol–water partition coefficient (Wildman–Crippen LogP) is 3.65. The highest BCUT2D eigenvalue weighted by Crippen LogP contribution is 2.25. The van der Waals surface area contributed by atoms with Crippen molar-refractivity contribution in [1.82, 2.24) is 14.9 Å². The van der Waals surface area contributed by atoms with Gasteiger partial charge in [-0.25, -0.2) is 4.98 Å². The fourth-order valence-corrected chi connectivity index (χ4v) is 4.10. The molecule has 0 aliphatic rings. The van der Waals surface area contributed by atoms with Crippen LogP contribution in [-0.4, -0.2) is 15.5 Å². The Bertz CT molecular complexity index is 1020. The Morgan fingerprint density at radius 3 is 2.73 bits per heavy atom. The Morgan fingerprint density at radius 1 is 1.27 bits per heavy atom. The van der Waals surface area contributed by atoms with Gasteiger partial charge >= 0.3 is 0 Å². The standard InChI is InChI=1S/C20H23N3O2S/c1-12-7-5-6-8-16(12)14(3)22-17(24)9-10-23-11-21-19-18(20(23)25)13(2)15(4)26-19/h5-8,11,14H,9-10H2,1-4H3,(H,22,24). The molecule has 1 aromatic carbocycles. The van der Waals surface area contributed by atoms with E-state index in [2.05, 4.69) is 10.3 Å². The second-order valence-electron chi connectivity index (χ2n) is 6.60. The fourth-order valence-electron chi connectivity index (χ4n) is 3.12. The minimum Gasteiger partial charge on any atom is -0.350 e. The first kappa shape index (κ1) is 18.3. The Hall–Kier alpha value is -2.47. The second kappa shape index (κ2) is 7.41. The first-order valence-corrected chi connectivity index (χ1v) is 9.50. The lowest BCUT2D eigenvalue weighted by Gasteiger charge is -2.16. The molecule has 1 unspecified atom stereocenters. The average Bonchev–Trinajstić information content (AvgIpc) is 2.89. The number of rotatable bonds is 5. The number of thiophene rings is 1. The molecule has 1 atom stereocenters. The van der Waals surface area contributed by atoms with Crippen molar-refractivity contribution < 1.29 is 4.79 Å². The zero-order chi connectivity index (χ0) is 18.8. The van der Waals surface area contributed by atoms with Gasteiger partial charge in [0.2, 0.25) is 5.91 Å². The lowest BCUT2D eigenvalue weighted by atomic mass is 10.0. The maximum atomic E-state index is 12.7. The Morgan fingerprint density at radius 2 is 2.00 bits per heavy atom. The van der Waals surface area contributed by atoms with Gasteiger partial charge in [-0.05, 0) is 44.4 Å². The molecule has 2 heterocycles. The lowest BCUT2D eigenvalue weighted by molar-refractivity contribution is -0.121. The number of carbonyl (C=O) groups is 1. The quantitative estimate of drug-likeness (QED) is 0.747. The average molecular weight is 369 g/mol. The van der Waals surface area contributed by atoms with Crippen molar-refractivity contribution in [3.8, 4) is 0 Å². The van der Waals surface area contributed by atoms with Gasteiger partial charge in [-0.3, -0.25) is 14.2 Å². The summed E-state index contributed by atoms with van der Waals surface area (Å²) in [4.78, 5) is 31.2. The van der Waals surface area contributed by atoms with E-state index in [-0.39, 0.29) is 23.9 Å². The maximum Gasteiger partial charge on any atom is 0.262 e. The van der Waals surface area contributed by atoms with E-state index < -0.39 is 0 Å². The number of aromatic nitrogens is 2. The van der Waals surface area contributed by atoms with E-state index in [1.54, 1.807) is 0 Å². The van der Waals surface area contributed by atoms with E-state index >= 15 is 0 Å². The summed E-state index contributed by atoms with van der Waals surface area (Å²) < 4.78 is 1.53. The first-order valence-electron chi connectivity index (χ1n) is 8.68. The number of nitrogens with one attached hydrogen (secondary N) is 1. The van der Waals surface area contributed by atoms with Crippen molar-refractivity contribution in [3.63, 3.8) is 0 Å². The fraction of sp³-hybridized carbons (Fsp3) is 0.350. The number of hydrogen-bond donors (Lipinski definition) is 1. The van der Waals surface area contributed by atoms with Crippen molar-refractivity contribution in [2.75, 3.05) is 0 Å². The van der Waals surface area contributed by atoms with Crippen LogP contribution in [0.4, 0.5) is 0 Å². The molecule has 0 aliphatic carbocycles. The van der Waals surface area contributed by atoms with Crippen LogP contribution in [0.2, 0.25) is 0 Å². The topological polar surface area (TPSA) is 64.0 Å². The molecule has 0 bridgehead atoms. The summed E-state index contributed by atoms with van der Waals surface area (Å²) in [5.41, 5.74) is 3.16. The van der Waals surface area contributed by atoms with Crippen LogP contribution in [-0.2, 0) is 11.3 Å². The summed E-state index contributed by atoms with van der Waals surface area (Å²) in [6.07, 6.45) is 1.78. The molecule has 5 nitrogen and oxygen atoms in total. The summed E-state index contributed by atoms with van der Waals surface area (Å²) in [5.74, 6) is -0.0778. The highest BCUT2D eigenvalue weighted by molar-refractivity contribution is 7.18. The zero-order valence-corrected chi connectivity index (χ0v) is 16.3. The van der Waals surface area contributed by atoms with Crippen molar-refractivity contribution in [2.45, 2.75) is 46.7 Å². The molecule has 2 aromatic heterocycles. The normalized spacial score (nSPS) is 12.3. The summed E-state index contributed by atoms with van der Waals surface area (Å²) in [6, 6.07) is 7.93. The number of aryl methyl sites for hydroxylation is 4. The van der Waals surface area contributed by atoms with Gasteiger partial charge in [0.1, 0.15) is 4.83 Å². The monoisotopic (exact) mass is 369 g/mol. The summed E-state index contributed by atoms with van der Waals surface area (Å²) in [6.45, 7) is 8.26. The zero-order valence-electron chi connectivity index (χ0n) is 15.5. The van der Waals surface area contributed by atoms with Gasteiger partial charge in [0.25, 0.3) is 5.56 Å². The highest BCUT2D eigenvalue weighted by Gasteiger charge is 2.14. The van der Waals surface area contributed by atoms with Gasteiger partial charge in [0, 0.05) is 17.8 Å². The number of carbonyl (C=O) groups excluding carboxylic acids is 1. The third kappa shape index (κ3) is 3.55. The minimum atomic E-state index is -0.0778. The van der Waals surface area contributed by atoms with Crippen LogP contribution >= 0.6 is 11.3 Å². The number of benzene rings is 1. The molecule has 0 spiro atoms. The highest BCUT2D eigenvalue weighted by atomic mass is 32.1. The molecule has 6 heteroatoms. The molecule has 26 heavy (non-hydrogen) atoms. The van der Waals surface area contributed by atoms with Crippen molar-refractivity contribution in [3.05, 3.63) is 62.5 Å². The molecule has 0 radical (unpaired) electrons. The van der Waals surface area contributed by atoms with Gasteiger partial charge in [-0.1, -0.05) is 24.3 Å². The van der Waals surface area contributed by atoms with Crippen molar-refractivity contribution in [2.24, 2.45) is 0 Å². The molecule has 0 aliphatic heterocycles. The van der Waals surface area contributed by atoms with E-state index in [0.717, 1.165) is 26.4 Å². The van der Waals surface area contributed by atoms with Crippen LogP contribution in [0, 0.1) is 20.8 Å². The van der Waals surface area contributed by atoms with Crippen LogP contribution < -0.4 is 10.9 Å². The van der Waals surface area contributed by atoms with E-state index in [0.29, 0.717) is 11.9 Å². The van der Waals surface area contributed by atoms with Crippen LogP contribution in [0.15, 0.2) is 35.4 Å². The van der Waals surface area contributed by atoms with E-state index in [4.69, 9.17) is 0 Å². The van der Waals surface area contributed by atoms with E-state index in [1.807, 2.05) is 52.0 Å². The van der Waals surface area contributed by atoms with E-state index in [9.17, 15) is 9.59 Å². The smallest absolute Gasteiger partial charge is 0.262 e. The van der Waals surface area contributed by atoms with Crippen LogP contribution in [0.5, 0.6) is 0 Å². The molecular weight excluding hydrogens is 346 g/mol. The molecule has 136 valence electrons. The van der Waals surface area contributed by atoms with Gasteiger partial charge < -0.3 is 5.32 Å². The molecular formula is C20H23N3O2S. The van der Waals surface area contributed by atoms with Crippen molar-refractivity contribution in [1.29, 1.82) is 0 Å². The van der Waals surface area contributed by atoms with Crippen LogP contribution in [0.3, 0.4) is 0 Å². The molecule has 1 N–H and O–H groups in total. The second-order valence-corrected chi connectivity index (χ2v) is 7.81. The largest absolute Gasteiger partial charge is 0.350 e. The number of nitrogens with zero attached hydrogens (tertiary/aromatic N) is 2. The summed E-state index contributed by atoms with van der Waals surface area (Å²) in [5, 5.41) is 3.68. The van der Waals surface area contributed by atoms with Gasteiger partial charge in [0.05, 0.1) is 17.8 Å². The Balaban J connectivity index is 1.69. The van der Waals surface area contributed by atoms with Crippen molar-refractivity contribution >= 4 is 27.5 Å². The third-order valence-electron chi connectivity index (χ3n) is 4.77. The third-order valence-corrected chi connectivity index (χ3v) is 5.88.